The predicted molar refractivity (Wildman–Crippen MR) is 139 cm³/mol. The first kappa shape index (κ1) is 27.7. The first-order chi connectivity index (χ1) is 15.5. The Kier molecular flexibility index (Phi) is 10.8. The summed E-state index contributed by atoms with van der Waals surface area (Å²) in [5, 5.41) is 36.0. The molecule has 0 bridgehead atoms. The van der Waals surface area contributed by atoms with E-state index in [0.29, 0.717) is 12.8 Å². The highest BCUT2D eigenvalue weighted by atomic mass is 28.3. The molecule has 0 aromatic heterocycles. The molecule has 0 fully saturated rings. The second-order valence-corrected chi connectivity index (χ2v) is 13.1. The van der Waals surface area contributed by atoms with Gasteiger partial charge in [0.2, 0.25) is 9.04 Å². The minimum absolute atomic E-state index is 0.158. The zero-order chi connectivity index (χ0) is 24.5. The quantitative estimate of drug-likeness (QED) is 0.234. The molecule has 0 saturated heterocycles. The Balaban J connectivity index is 2.29. The van der Waals surface area contributed by atoms with Gasteiger partial charge in [-0.3, -0.25) is 0 Å². The minimum Gasteiger partial charge on any atom is -0.390 e. The lowest BCUT2D eigenvalue weighted by Crippen LogP contribution is -2.54. The van der Waals surface area contributed by atoms with E-state index >= 15 is 0 Å². The SMILES string of the molecule is CCCCCC[C@H](C(O)O[SiH](c1ccccc1)c1ccccc1)[C@@H](O)C(C)(O)CC(C)(C)C. The van der Waals surface area contributed by atoms with Gasteiger partial charge in [0.05, 0.1) is 11.7 Å². The van der Waals surface area contributed by atoms with Crippen LogP contribution in [0.4, 0.5) is 0 Å². The molecule has 0 aliphatic rings. The summed E-state index contributed by atoms with van der Waals surface area (Å²) in [7, 11) is -2.19. The molecule has 184 valence electrons. The van der Waals surface area contributed by atoms with Gasteiger partial charge < -0.3 is 19.7 Å². The second kappa shape index (κ2) is 12.8. The molecule has 2 aromatic carbocycles. The number of benzene rings is 2. The topological polar surface area (TPSA) is 69.9 Å². The number of aliphatic hydroxyl groups is 3. The van der Waals surface area contributed by atoms with E-state index in [2.05, 4.69) is 6.92 Å². The van der Waals surface area contributed by atoms with Gasteiger partial charge in [0, 0.05) is 5.92 Å². The van der Waals surface area contributed by atoms with Gasteiger partial charge in [0.25, 0.3) is 0 Å². The fourth-order valence-electron chi connectivity index (χ4n) is 4.75. The first-order valence-corrected chi connectivity index (χ1v) is 14.0. The molecule has 4 atom stereocenters. The van der Waals surface area contributed by atoms with Crippen LogP contribution >= 0.6 is 0 Å². The van der Waals surface area contributed by atoms with Crippen LogP contribution in [0, 0.1) is 11.3 Å². The van der Waals surface area contributed by atoms with Gasteiger partial charge in [-0.2, -0.15) is 0 Å². The van der Waals surface area contributed by atoms with Crippen molar-refractivity contribution in [2.75, 3.05) is 0 Å². The number of hydrogen-bond acceptors (Lipinski definition) is 4. The molecule has 0 aliphatic carbocycles. The van der Waals surface area contributed by atoms with Crippen LogP contribution < -0.4 is 10.4 Å². The van der Waals surface area contributed by atoms with E-state index in [0.717, 1.165) is 36.1 Å². The third-order valence-electron chi connectivity index (χ3n) is 6.17. The molecule has 2 rings (SSSR count). The molecule has 0 heterocycles. The van der Waals surface area contributed by atoms with Crippen LogP contribution in [0.1, 0.15) is 73.1 Å². The fraction of sp³-hybridized carbons (Fsp3) is 0.571. The molecule has 5 heteroatoms. The van der Waals surface area contributed by atoms with Crippen molar-refractivity contribution in [2.24, 2.45) is 11.3 Å². The van der Waals surface area contributed by atoms with Crippen molar-refractivity contribution in [3.8, 4) is 0 Å². The van der Waals surface area contributed by atoms with Crippen LogP contribution in [0.3, 0.4) is 0 Å². The molecular formula is C28H44O4Si. The van der Waals surface area contributed by atoms with Gasteiger partial charge in [0.1, 0.15) is 6.29 Å². The third-order valence-corrected chi connectivity index (χ3v) is 8.70. The molecule has 3 N–H and O–H groups in total. The Morgan fingerprint density at radius 1 is 0.818 bits per heavy atom. The van der Waals surface area contributed by atoms with Crippen LogP contribution in [0.25, 0.3) is 0 Å². The standard InChI is InChI=1S/C28H44O4Si/c1-6-7-8-15-20-24(25(29)28(5,31)21-27(2,3)4)26(30)32-33(22-16-11-9-12-17-22)23-18-13-10-14-19-23/h9-14,16-19,24-26,29-31,33H,6-8,15,20-21H2,1-5H3/t24-,25+,26?,28?/m0/s1. The van der Waals surface area contributed by atoms with E-state index in [1.54, 1.807) is 6.92 Å². The number of aliphatic hydroxyl groups excluding tert-OH is 2. The summed E-state index contributed by atoms with van der Waals surface area (Å²) in [6.45, 7) is 9.98. The van der Waals surface area contributed by atoms with Gasteiger partial charge in [-0.05, 0) is 35.6 Å². The van der Waals surface area contributed by atoms with E-state index in [1.807, 2.05) is 81.4 Å². The normalized spacial score (nSPS) is 16.9. The van der Waals surface area contributed by atoms with Crippen LogP contribution in [0.15, 0.2) is 60.7 Å². The lowest BCUT2D eigenvalue weighted by atomic mass is 9.75. The highest BCUT2D eigenvalue weighted by Crippen LogP contribution is 2.34. The smallest absolute Gasteiger partial charge is 0.243 e. The van der Waals surface area contributed by atoms with E-state index in [-0.39, 0.29) is 5.41 Å². The predicted octanol–water partition coefficient (Wildman–Crippen LogP) is 3.99. The Labute approximate surface area is 202 Å². The summed E-state index contributed by atoms with van der Waals surface area (Å²) in [4.78, 5) is 0. The van der Waals surface area contributed by atoms with Crippen LogP contribution in [0.5, 0.6) is 0 Å². The monoisotopic (exact) mass is 472 g/mol. The lowest BCUT2D eigenvalue weighted by molar-refractivity contribution is -0.167. The molecular weight excluding hydrogens is 428 g/mol. The average Bonchev–Trinajstić information content (AvgIpc) is 2.76. The maximum Gasteiger partial charge on any atom is 0.243 e. The molecule has 0 amide bonds. The Morgan fingerprint density at radius 3 is 1.79 bits per heavy atom. The largest absolute Gasteiger partial charge is 0.390 e. The highest BCUT2D eigenvalue weighted by Gasteiger charge is 2.42. The third kappa shape index (κ3) is 8.99. The van der Waals surface area contributed by atoms with E-state index < -0.39 is 33.0 Å². The summed E-state index contributed by atoms with van der Waals surface area (Å²) in [5.74, 6) is -0.568. The van der Waals surface area contributed by atoms with Gasteiger partial charge in [-0.15, -0.1) is 0 Å². The molecule has 0 radical (unpaired) electrons. The summed E-state index contributed by atoms with van der Waals surface area (Å²) in [6, 6.07) is 20.0. The van der Waals surface area contributed by atoms with Crippen LogP contribution in [0.2, 0.25) is 0 Å². The molecule has 2 unspecified atom stereocenters. The number of rotatable bonds is 13. The zero-order valence-electron chi connectivity index (χ0n) is 21.1. The van der Waals surface area contributed by atoms with Crippen LogP contribution in [-0.4, -0.2) is 42.4 Å². The molecule has 0 aliphatic heterocycles. The summed E-state index contributed by atoms with van der Waals surface area (Å²) in [6.07, 6.45) is 2.93. The van der Waals surface area contributed by atoms with Crippen molar-refractivity contribution in [2.45, 2.75) is 91.1 Å². The molecule has 2 aromatic rings. The van der Waals surface area contributed by atoms with Crippen molar-refractivity contribution >= 4 is 19.4 Å². The Bertz CT molecular complexity index is 749. The van der Waals surface area contributed by atoms with E-state index in [4.69, 9.17) is 4.43 Å². The molecule has 0 saturated carbocycles. The van der Waals surface area contributed by atoms with Crippen molar-refractivity contribution < 1.29 is 19.7 Å². The van der Waals surface area contributed by atoms with Gasteiger partial charge >= 0.3 is 0 Å². The maximum atomic E-state index is 11.3. The summed E-state index contributed by atoms with van der Waals surface area (Å²) in [5.41, 5.74) is -1.48. The zero-order valence-corrected chi connectivity index (χ0v) is 22.2. The van der Waals surface area contributed by atoms with Crippen molar-refractivity contribution in [1.29, 1.82) is 0 Å². The van der Waals surface area contributed by atoms with E-state index in [1.165, 1.54) is 0 Å². The number of hydrogen-bond donors (Lipinski definition) is 3. The number of unbranched alkanes of at least 4 members (excludes halogenated alkanes) is 3. The Hall–Kier alpha value is -1.50. The maximum absolute atomic E-state index is 11.3. The summed E-state index contributed by atoms with van der Waals surface area (Å²) >= 11 is 0. The summed E-state index contributed by atoms with van der Waals surface area (Å²) < 4.78 is 6.41. The molecule has 4 nitrogen and oxygen atoms in total. The van der Waals surface area contributed by atoms with E-state index in [9.17, 15) is 15.3 Å². The second-order valence-electron chi connectivity index (χ2n) is 10.8. The van der Waals surface area contributed by atoms with Crippen molar-refractivity contribution in [3.05, 3.63) is 60.7 Å². The van der Waals surface area contributed by atoms with Gasteiger partial charge in [-0.1, -0.05) is 114 Å². The average molecular weight is 473 g/mol. The lowest BCUT2D eigenvalue weighted by Gasteiger charge is -2.40. The van der Waals surface area contributed by atoms with Gasteiger partial charge in [0.15, 0.2) is 0 Å². The van der Waals surface area contributed by atoms with Gasteiger partial charge in [-0.25, -0.2) is 0 Å². The van der Waals surface area contributed by atoms with Crippen molar-refractivity contribution in [3.63, 3.8) is 0 Å². The molecule has 0 spiro atoms. The first-order valence-electron chi connectivity index (χ1n) is 12.4. The molecule has 33 heavy (non-hydrogen) atoms. The van der Waals surface area contributed by atoms with Crippen molar-refractivity contribution in [1.82, 2.24) is 0 Å². The fourth-order valence-corrected chi connectivity index (χ4v) is 7.07. The van der Waals surface area contributed by atoms with Crippen LogP contribution in [-0.2, 0) is 4.43 Å². The Morgan fingerprint density at radius 2 is 1.33 bits per heavy atom. The highest BCUT2D eigenvalue weighted by molar-refractivity contribution is 6.80. The minimum atomic E-state index is -2.19.